The number of carbonyl (C=O) groups excluding carboxylic acids is 1. The summed E-state index contributed by atoms with van der Waals surface area (Å²) in [4.78, 5) is 10.5. The molecule has 0 bridgehead atoms. The van der Waals surface area contributed by atoms with E-state index < -0.39 is 7.12 Å². The van der Waals surface area contributed by atoms with Gasteiger partial charge in [-0.15, -0.1) is 0 Å². The van der Waals surface area contributed by atoms with E-state index in [1.165, 1.54) is 0 Å². The zero-order valence-corrected chi connectivity index (χ0v) is 6.36. The number of aldehydes is 1. The van der Waals surface area contributed by atoms with Crippen LogP contribution in [0.4, 0.5) is 0 Å². The molecule has 1 heterocycles. The maximum atomic E-state index is 10.5. The first kappa shape index (κ1) is 7.52. The first-order valence-electron chi connectivity index (χ1n) is 3.69. The fraction of sp³-hybridized carbons (Fsp3) is 0.125. The quantitative estimate of drug-likeness (QED) is 0.458. The lowest BCUT2D eigenvalue weighted by molar-refractivity contribution is 0.112. The molecule has 4 heteroatoms. The van der Waals surface area contributed by atoms with Gasteiger partial charge in [-0.1, -0.05) is 18.2 Å². The number of hydrogen-bond acceptors (Lipinski definition) is 3. The monoisotopic (exact) mass is 164 g/mol. The molecule has 1 aliphatic heterocycles. The summed E-state index contributed by atoms with van der Waals surface area (Å²) in [6.07, 6.45) is 0.733. The van der Waals surface area contributed by atoms with Crippen LogP contribution in [0.3, 0.4) is 0 Å². The van der Waals surface area contributed by atoms with E-state index in [0.717, 1.165) is 11.8 Å². The Balaban J connectivity index is 2.60. The summed E-state index contributed by atoms with van der Waals surface area (Å²) in [6.45, 7) is 0.387. The molecular formula is C8H7BO3. The molecule has 0 unspecified atom stereocenters. The molecule has 0 radical (unpaired) electrons. The Hall–Kier alpha value is -1.13. The van der Waals surface area contributed by atoms with Crippen LogP contribution in [0.2, 0.25) is 0 Å². The Labute approximate surface area is 70.1 Å². The molecule has 0 spiro atoms. The Morgan fingerprint density at radius 3 is 3.17 bits per heavy atom. The molecule has 0 atom stereocenters. The van der Waals surface area contributed by atoms with E-state index >= 15 is 0 Å². The Kier molecular flexibility index (Phi) is 1.71. The summed E-state index contributed by atoms with van der Waals surface area (Å²) >= 11 is 0. The standard InChI is InChI=1S/C8H7BO3/c10-4-6-2-1-3-7-5-12-9(11)8(6)7/h1-4,11H,5H2/i5+2. The van der Waals surface area contributed by atoms with Crippen LogP contribution in [0.15, 0.2) is 18.2 Å². The van der Waals surface area contributed by atoms with E-state index in [2.05, 4.69) is 0 Å². The molecule has 3 nitrogen and oxygen atoms in total. The normalized spacial score (nSPS) is 14.6. The second-order valence-corrected chi connectivity index (χ2v) is 2.70. The van der Waals surface area contributed by atoms with Gasteiger partial charge in [0, 0.05) is 5.56 Å². The van der Waals surface area contributed by atoms with Gasteiger partial charge in [-0.25, -0.2) is 0 Å². The van der Waals surface area contributed by atoms with Gasteiger partial charge in [0.25, 0.3) is 0 Å². The highest BCUT2D eigenvalue weighted by atomic mass is 16.7. The number of rotatable bonds is 1. The molecule has 1 N–H and O–H groups in total. The molecule has 0 aliphatic carbocycles. The molecule has 0 saturated heterocycles. The highest BCUT2D eigenvalue weighted by molar-refractivity contribution is 6.63. The molecule has 1 aromatic rings. The molecule has 1 aliphatic rings. The zero-order chi connectivity index (χ0) is 8.55. The van der Waals surface area contributed by atoms with Crippen molar-refractivity contribution in [3.05, 3.63) is 29.3 Å². The van der Waals surface area contributed by atoms with Crippen LogP contribution in [-0.2, 0) is 11.3 Å². The van der Waals surface area contributed by atoms with Crippen molar-refractivity contribution >= 4 is 18.9 Å². The van der Waals surface area contributed by atoms with Crippen molar-refractivity contribution in [2.45, 2.75) is 6.61 Å². The van der Waals surface area contributed by atoms with Gasteiger partial charge in [0.2, 0.25) is 0 Å². The van der Waals surface area contributed by atoms with Gasteiger partial charge < -0.3 is 9.68 Å². The summed E-state index contributed by atoms with van der Waals surface area (Å²) in [6, 6.07) is 5.30. The minimum absolute atomic E-state index is 0.387. The maximum Gasteiger partial charge on any atom is 0.492 e. The van der Waals surface area contributed by atoms with Crippen molar-refractivity contribution < 1.29 is 14.5 Å². The molecular weight excluding hydrogens is 157 g/mol. The van der Waals surface area contributed by atoms with Gasteiger partial charge in [-0.3, -0.25) is 4.79 Å². The van der Waals surface area contributed by atoms with Crippen molar-refractivity contribution in [3.63, 3.8) is 0 Å². The summed E-state index contributed by atoms with van der Waals surface area (Å²) in [7, 11) is -0.929. The molecule has 0 fully saturated rings. The summed E-state index contributed by atoms with van der Waals surface area (Å²) in [5, 5.41) is 9.31. The fourth-order valence-electron chi connectivity index (χ4n) is 1.41. The van der Waals surface area contributed by atoms with Gasteiger partial charge in [0.1, 0.15) is 6.29 Å². The van der Waals surface area contributed by atoms with E-state index in [9.17, 15) is 9.82 Å². The molecule has 0 saturated carbocycles. The average Bonchev–Trinajstić information content (AvgIpc) is 2.48. The number of fused-ring (bicyclic) bond motifs is 1. The number of carbonyl (C=O) groups is 1. The first-order chi connectivity index (χ1) is 5.83. The minimum Gasteiger partial charge on any atom is -0.423 e. The van der Waals surface area contributed by atoms with Gasteiger partial charge in [0.15, 0.2) is 0 Å². The third-order valence-electron chi connectivity index (χ3n) is 2.00. The SMILES string of the molecule is O=Cc1cccc2c1B(O)O[14CH2]2. The summed E-state index contributed by atoms with van der Waals surface area (Å²) in [5.41, 5.74) is 2.03. The summed E-state index contributed by atoms with van der Waals surface area (Å²) in [5.74, 6) is 0. The van der Waals surface area contributed by atoms with Crippen LogP contribution < -0.4 is 5.46 Å². The molecule has 2 rings (SSSR count). The average molecular weight is 164 g/mol. The lowest BCUT2D eigenvalue weighted by Gasteiger charge is -1.99. The lowest BCUT2D eigenvalue weighted by Crippen LogP contribution is -2.31. The molecule has 0 amide bonds. The highest BCUT2D eigenvalue weighted by Crippen LogP contribution is 2.10. The van der Waals surface area contributed by atoms with Crippen LogP contribution in [0.1, 0.15) is 15.9 Å². The van der Waals surface area contributed by atoms with E-state index in [0.29, 0.717) is 17.6 Å². The molecule has 0 aromatic heterocycles. The Morgan fingerprint density at radius 2 is 2.42 bits per heavy atom. The van der Waals surface area contributed by atoms with Crippen LogP contribution in [-0.4, -0.2) is 18.4 Å². The van der Waals surface area contributed by atoms with Crippen molar-refractivity contribution in [1.29, 1.82) is 0 Å². The van der Waals surface area contributed by atoms with Gasteiger partial charge >= 0.3 is 7.12 Å². The second kappa shape index (κ2) is 2.73. The lowest BCUT2D eigenvalue weighted by atomic mass is 9.77. The third-order valence-corrected chi connectivity index (χ3v) is 2.00. The van der Waals surface area contributed by atoms with E-state index in [1.54, 1.807) is 12.1 Å². The fourth-order valence-corrected chi connectivity index (χ4v) is 1.41. The van der Waals surface area contributed by atoms with Crippen LogP contribution in [0.5, 0.6) is 0 Å². The largest absolute Gasteiger partial charge is 0.492 e. The van der Waals surface area contributed by atoms with Crippen molar-refractivity contribution in [2.75, 3.05) is 0 Å². The molecule has 60 valence electrons. The molecule has 12 heavy (non-hydrogen) atoms. The van der Waals surface area contributed by atoms with Gasteiger partial charge in [-0.05, 0) is 11.0 Å². The number of hydrogen-bond donors (Lipinski definition) is 1. The van der Waals surface area contributed by atoms with Crippen LogP contribution in [0, 0.1) is 0 Å². The minimum atomic E-state index is -0.929. The summed E-state index contributed by atoms with van der Waals surface area (Å²) < 4.78 is 4.96. The van der Waals surface area contributed by atoms with E-state index in [1.807, 2.05) is 6.07 Å². The van der Waals surface area contributed by atoms with Crippen molar-refractivity contribution in [3.8, 4) is 0 Å². The Bertz CT molecular complexity index is 324. The van der Waals surface area contributed by atoms with Crippen LogP contribution in [0.25, 0.3) is 0 Å². The van der Waals surface area contributed by atoms with E-state index in [-0.39, 0.29) is 0 Å². The Morgan fingerprint density at radius 1 is 1.58 bits per heavy atom. The maximum absolute atomic E-state index is 10.5. The zero-order valence-electron chi connectivity index (χ0n) is 6.36. The van der Waals surface area contributed by atoms with Crippen molar-refractivity contribution in [2.24, 2.45) is 0 Å². The smallest absolute Gasteiger partial charge is 0.423 e. The number of benzene rings is 1. The van der Waals surface area contributed by atoms with Crippen LogP contribution >= 0.6 is 0 Å². The van der Waals surface area contributed by atoms with Gasteiger partial charge in [0.05, 0.1) is 6.61 Å². The molecule has 1 aromatic carbocycles. The van der Waals surface area contributed by atoms with Gasteiger partial charge in [-0.2, -0.15) is 0 Å². The topological polar surface area (TPSA) is 46.5 Å². The first-order valence-corrected chi connectivity index (χ1v) is 3.69. The predicted molar refractivity (Wildman–Crippen MR) is 44.2 cm³/mol. The second-order valence-electron chi connectivity index (χ2n) is 2.70. The highest BCUT2D eigenvalue weighted by Gasteiger charge is 2.29. The predicted octanol–water partition coefficient (Wildman–Crippen LogP) is -0.283. The van der Waals surface area contributed by atoms with Crippen molar-refractivity contribution in [1.82, 2.24) is 0 Å². The van der Waals surface area contributed by atoms with E-state index in [4.69, 9.17) is 4.65 Å². The third kappa shape index (κ3) is 0.966.